The van der Waals surface area contributed by atoms with Crippen LogP contribution in [0.3, 0.4) is 0 Å². The highest BCUT2D eigenvalue weighted by Gasteiger charge is 2.19. The molecule has 0 bridgehead atoms. The normalized spacial score (nSPS) is 11.8. The Morgan fingerprint density at radius 1 is 1.00 bits per heavy atom. The molecule has 0 unspecified atom stereocenters. The molecule has 128 valence electrons. The number of hydrogen-bond acceptors (Lipinski definition) is 3. The van der Waals surface area contributed by atoms with Gasteiger partial charge in [-0.25, -0.2) is 0 Å². The van der Waals surface area contributed by atoms with Crippen LogP contribution in [0.5, 0.6) is 11.5 Å². The Morgan fingerprint density at radius 2 is 1.72 bits per heavy atom. The quantitative estimate of drug-likeness (QED) is 0.713. The summed E-state index contributed by atoms with van der Waals surface area (Å²) in [6, 6.07) is 21.1. The summed E-state index contributed by atoms with van der Waals surface area (Å²) in [7, 11) is 1.61. The molecule has 0 aliphatic rings. The second kappa shape index (κ2) is 7.71. The molecule has 0 saturated carbocycles. The second-order valence-electron chi connectivity index (χ2n) is 5.71. The fraction of sp³-hybridized carbons (Fsp3) is 0.190. The predicted molar refractivity (Wildman–Crippen MR) is 100 cm³/mol. The maximum atomic E-state index is 12.6. The first-order valence-corrected chi connectivity index (χ1v) is 8.30. The zero-order valence-corrected chi connectivity index (χ0v) is 14.4. The molecule has 1 atom stereocenters. The lowest BCUT2D eigenvalue weighted by Gasteiger charge is -2.18. The minimum Gasteiger partial charge on any atom is -0.497 e. The molecule has 25 heavy (non-hydrogen) atoms. The number of anilines is 1. The molecule has 3 rings (SSSR count). The summed E-state index contributed by atoms with van der Waals surface area (Å²) in [6.45, 7) is 1.93. The SMILES string of the molecule is CC[C@H](Oc1cccc2ccccc12)C(=O)Nc1ccc(OC)cc1. The van der Waals surface area contributed by atoms with Gasteiger partial charge in [-0.15, -0.1) is 0 Å². The summed E-state index contributed by atoms with van der Waals surface area (Å²) in [5.41, 5.74) is 0.714. The van der Waals surface area contributed by atoms with E-state index in [-0.39, 0.29) is 5.91 Å². The topological polar surface area (TPSA) is 47.6 Å². The number of nitrogens with one attached hydrogen (secondary N) is 1. The van der Waals surface area contributed by atoms with Crippen molar-refractivity contribution >= 4 is 22.4 Å². The highest BCUT2D eigenvalue weighted by molar-refractivity contribution is 5.95. The van der Waals surface area contributed by atoms with E-state index in [0.717, 1.165) is 22.3 Å². The number of amides is 1. The van der Waals surface area contributed by atoms with Gasteiger partial charge in [-0.3, -0.25) is 4.79 Å². The molecule has 0 aromatic heterocycles. The molecule has 4 heteroatoms. The van der Waals surface area contributed by atoms with Crippen LogP contribution in [0.1, 0.15) is 13.3 Å². The van der Waals surface area contributed by atoms with Crippen molar-refractivity contribution in [3.63, 3.8) is 0 Å². The number of carbonyl (C=O) groups excluding carboxylic acids is 1. The maximum absolute atomic E-state index is 12.6. The van der Waals surface area contributed by atoms with E-state index < -0.39 is 6.10 Å². The zero-order chi connectivity index (χ0) is 17.6. The van der Waals surface area contributed by atoms with Gasteiger partial charge in [0, 0.05) is 11.1 Å². The van der Waals surface area contributed by atoms with Crippen molar-refractivity contribution in [3.05, 3.63) is 66.7 Å². The van der Waals surface area contributed by atoms with Gasteiger partial charge in [0.15, 0.2) is 6.10 Å². The molecule has 1 amide bonds. The van der Waals surface area contributed by atoms with Crippen LogP contribution in [-0.2, 0) is 4.79 Å². The number of hydrogen-bond donors (Lipinski definition) is 1. The standard InChI is InChI=1S/C21H21NO3/c1-3-19(21(23)22-16-11-13-17(24-2)14-12-16)25-20-10-6-8-15-7-4-5-9-18(15)20/h4-14,19H,3H2,1-2H3,(H,22,23)/t19-/m0/s1. The van der Waals surface area contributed by atoms with Gasteiger partial charge in [-0.1, -0.05) is 43.3 Å². The fourth-order valence-electron chi connectivity index (χ4n) is 2.67. The van der Waals surface area contributed by atoms with E-state index in [4.69, 9.17) is 9.47 Å². The van der Waals surface area contributed by atoms with E-state index in [1.807, 2.05) is 61.5 Å². The van der Waals surface area contributed by atoms with E-state index >= 15 is 0 Å². The number of methoxy groups -OCH3 is 1. The Bertz CT molecular complexity index is 853. The van der Waals surface area contributed by atoms with Gasteiger partial charge in [0.25, 0.3) is 5.91 Å². The zero-order valence-electron chi connectivity index (χ0n) is 14.4. The van der Waals surface area contributed by atoms with Crippen molar-refractivity contribution in [1.82, 2.24) is 0 Å². The van der Waals surface area contributed by atoms with Gasteiger partial charge in [0.05, 0.1) is 7.11 Å². The van der Waals surface area contributed by atoms with Crippen LogP contribution in [0.2, 0.25) is 0 Å². The number of ether oxygens (including phenoxy) is 2. The van der Waals surface area contributed by atoms with Crippen LogP contribution in [0.4, 0.5) is 5.69 Å². The van der Waals surface area contributed by atoms with E-state index in [1.54, 1.807) is 19.2 Å². The minimum atomic E-state index is -0.562. The number of carbonyl (C=O) groups is 1. The van der Waals surface area contributed by atoms with E-state index in [1.165, 1.54) is 0 Å². The summed E-state index contributed by atoms with van der Waals surface area (Å²) in [5.74, 6) is 1.30. The van der Waals surface area contributed by atoms with Crippen LogP contribution < -0.4 is 14.8 Å². The Kier molecular flexibility index (Phi) is 5.19. The van der Waals surface area contributed by atoms with Crippen molar-refractivity contribution < 1.29 is 14.3 Å². The van der Waals surface area contributed by atoms with Gasteiger partial charge in [-0.05, 0) is 42.1 Å². The fourth-order valence-corrected chi connectivity index (χ4v) is 2.67. The minimum absolute atomic E-state index is 0.166. The summed E-state index contributed by atoms with van der Waals surface area (Å²) in [5, 5.41) is 4.98. The molecule has 4 nitrogen and oxygen atoms in total. The monoisotopic (exact) mass is 335 g/mol. The van der Waals surface area contributed by atoms with Crippen molar-refractivity contribution in [2.75, 3.05) is 12.4 Å². The molecule has 0 radical (unpaired) electrons. The van der Waals surface area contributed by atoms with Crippen molar-refractivity contribution in [2.45, 2.75) is 19.4 Å². The molecular formula is C21H21NO3. The lowest BCUT2D eigenvalue weighted by atomic mass is 10.1. The summed E-state index contributed by atoms with van der Waals surface area (Å²) < 4.78 is 11.1. The Hall–Kier alpha value is -3.01. The van der Waals surface area contributed by atoms with Crippen molar-refractivity contribution in [2.24, 2.45) is 0 Å². The van der Waals surface area contributed by atoms with Crippen LogP contribution in [-0.4, -0.2) is 19.1 Å². The third-order valence-electron chi connectivity index (χ3n) is 4.04. The number of fused-ring (bicyclic) bond motifs is 1. The van der Waals surface area contributed by atoms with Crippen LogP contribution >= 0.6 is 0 Å². The first-order valence-electron chi connectivity index (χ1n) is 8.30. The van der Waals surface area contributed by atoms with E-state index in [0.29, 0.717) is 12.1 Å². The van der Waals surface area contributed by atoms with E-state index in [9.17, 15) is 4.79 Å². The molecule has 0 aliphatic heterocycles. The molecule has 1 N–H and O–H groups in total. The molecule has 3 aromatic rings. The van der Waals surface area contributed by atoms with Crippen molar-refractivity contribution in [3.8, 4) is 11.5 Å². The molecule has 0 fully saturated rings. The highest BCUT2D eigenvalue weighted by atomic mass is 16.5. The first kappa shape index (κ1) is 16.8. The molecule has 0 heterocycles. The third kappa shape index (κ3) is 3.91. The smallest absolute Gasteiger partial charge is 0.265 e. The Labute approximate surface area is 147 Å². The number of rotatable bonds is 6. The molecule has 0 spiro atoms. The third-order valence-corrected chi connectivity index (χ3v) is 4.04. The van der Waals surface area contributed by atoms with Crippen LogP contribution in [0, 0.1) is 0 Å². The van der Waals surface area contributed by atoms with Gasteiger partial charge in [-0.2, -0.15) is 0 Å². The van der Waals surface area contributed by atoms with Crippen LogP contribution in [0.25, 0.3) is 10.8 Å². The second-order valence-corrected chi connectivity index (χ2v) is 5.71. The van der Waals surface area contributed by atoms with E-state index in [2.05, 4.69) is 5.32 Å². The lowest BCUT2D eigenvalue weighted by Crippen LogP contribution is -2.32. The first-order chi connectivity index (χ1) is 12.2. The molecule has 3 aromatic carbocycles. The van der Waals surface area contributed by atoms with Gasteiger partial charge >= 0.3 is 0 Å². The average Bonchev–Trinajstić information content (AvgIpc) is 2.66. The largest absolute Gasteiger partial charge is 0.497 e. The van der Waals surface area contributed by atoms with Gasteiger partial charge in [0.1, 0.15) is 11.5 Å². The Balaban J connectivity index is 1.75. The summed E-state index contributed by atoms with van der Waals surface area (Å²) >= 11 is 0. The molecular weight excluding hydrogens is 314 g/mol. The van der Waals surface area contributed by atoms with Crippen LogP contribution in [0.15, 0.2) is 66.7 Å². The van der Waals surface area contributed by atoms with Gasteiger partial charge < -0.3 is 14.8 Å². The molecule has 0 aliphatic carbocycles. The number of benzene rings is 3. The maximum Gasteiger partial charge on any atom is 0.265 e. The lowest BCUT2D eigenvalue weighted by molar-refractivity contribution is -0.122. The highest BCUT2D eigenvalue weighted by Crippen LogP contribution is 2.27. The Morgan fingerprint density at radius 3 is 2.44 bits per heavy atom. The molecule has 0 saturated heterocycles. The van der Waals surface area contributed by atoms with Crippen molar-refractivity contribution in [1.29, 1.82) is 0 Å². The summed E-state index contributed by atoms with van der Waals surface area (Å²) in [4.78, 5) is 12.6. The van der Waals surface area contributed by atoms with Gasteiger partial charge in [0.2, 0.25) is 0 Å². The predicted octanol–water partition coefficient (Wildman–Crippen LogP) is 4.64. The average molecular weight is 335 g/mol. The summed E-state index contributed by atoms with van der Waals surface area (Å²) in [6.07, 6.45) is 0.0125.